The van der Waals surface area contributed by atoms with E-state index in [-0.39, 0.29) is 15.6 Å². The molecule has 1 aromatic carbocycles. The summed E-state index contributed by atoms with van der Waals surface area (Å²) in [5.74, 6) is 0.519. The highest BCUT2D eigenvalue weighted by molar-refractivity contribution is 7.89. The summed E-state index contributed by atoms with van der Waals surface area (Å²) in [5, 5.41) is 5.62. The highest BCUT2D eigenvalue weighted by atomic mass is 35.5. The molecule has 0 aromatic heterocycles. The fourth-order valence-electron chi connectivity index (χ4n) is 3.53. The molecule has 7 nitrogen and oxygen atoms in total. The second-order valence-electron chi connectivity index (χ2n) is 7.13. The van der Waals surface area contributed by atoms with Crippen LogP contribution in [0.25, 0.3) is 0 Å². The summed E-state index contributed by atoms with van der Waals surface area (Å²) in [6.45, 7) is 3.36. The quantitative estimate of drug-likeness (QED) is 0.751. The Labute approximate surface area is 171 Å². The van der Waals surface area contributed by atoms with Crippen LogP contribution in [0.15, 0.2) is 34.9 Å². The van der Waals surface area contributed by atoms with Gasteiger partial charge in [0, 0.05) is 19.3 Å². The van der Waals surface area contributed by atoms with E-state index in [1.165, 1.54) is 35.3 Å². The molecule has 9 heteroatoms. The van der Waals surface area contributed by atoms with Crippen molar-refractivity contribution < 1.29 is 17.9 Å². The average molecular weight is 428 g/mol. The number of benzene rings is 1. The van der Waals surface area contributed by atoms with Gasteiger partial charge in [0.05, 0.1) is 28.8 Å². The number of sulfonamides is 1. The first-order valence-corrected chi connectivity index (χ1v) is 11.3. The van der Waals surface area contributed by atoms with Gasteiger partial charge in [-0.25, -0.2) is 13.2 Å². The molecule has 28 heavy (non-hydrogen) atoms. The first kappa shape index (κ1) is 21.1. The third-order valence-corrected chi connectivity index (χ3v) is 7.45. The van der Waals surface area contributed by atoms with Crippen LogP contribution in [0.1, 0.15) is 32.6 Å². The van der Waals surface area contributed by atoms with Crippen LogP contribution in [0.5, 0.6) is 0 Å². The molecule has 1 saturated carbocycles. The number of halogens is 1. The molecular formula is C19H26ClN3O4S. The average Bonchev–Trinajstić information content (AvgIpc) is 3.23. The fraction of sp³-hybridized carbons (Fsp3) is 0.526. The van der Waals surface area contributed by atoms with Gasteiger partial charge in [-0.1, -0.05) is 30.0 Å². The predicted octanol–water partition coefficient (Wildman–Crippen LogP) is 3.58. The smallest absolute Gasteiger partial charge is 0.323 e. The summed E-state index contributed by atoms with van der Waals surface area (Å²) in [7, 11) is -3.66. The zero-order valence-electron chi connectivity index (χ0n) is 15.9. The van der Waals surface area contributed by atoms with Crippen LogP contribution in [0, 0.1) is 5.92 Å². The van der Waals surface area contributed by atoms with Gasteiger partial charge in [0.15, 0.2) is 0 Å². The monoisotopic (exact) mass is 427 g/mol. The molecule has 0 spiro atoms. The van der Waals surface area contributed by atoms with E-state index in [4.69, 9.17) is 16.3 Å². The lowest BCUT2D eigenvalue weighted by Crippen LogP contribution is -2.40. The maximum atomic E-state index is 12.8. The maximum absolute atomic E-state index is 12.8. The molecule has 1 saturated heterocycles. The van der Waals surface area contributed by atoms with E-state index >= 15 is 0 Å². The molecule has 2 N–H and O–H groups in total. The summed E-state index contributed by atoms with van der Waals surface area (Å²) in [6, 6.07) is 3.85. The predicted molar refractivity (Wildman–Crippen MR) is 109 cm³/mol. The lowest BCUT2D eigenvalue weighted by atomic mass is 10.0. The minimum absolute atomic E-state index is 0.0896. The van der Waals surface area contributed by atoms with Crippen molar-refractivity contribution >= 4 is 33.3 Å². The molecule has 0 bridgehead atoms. The molecule has 2 amide bonds. The van der Waals surface area contributed by atoms with E-state index in [0.29, 0.717) is 32.2 Å². The number of rotatable bonds is 5. The number of carbonyl (C=O) groups excluding carboxylic acids is 1. The second-order valence-corrected chi connectivity index (χ2v) is 9.47. The number of amides is 2. The summed E-state index contributed by atoms with van der Waals surface area (Å²) in [6.07, 6.45) is 6.47. The van der Waals surface area contributed by atoms with Gasteiger partial charge >= 0.3 is 6.03 Å². The van der Waals surface area contributed by atoms with Crippen molar-refractivity contribution in [3.63, 3.8) is 0 Å². The number of carbonyl (C=O) groups is 1. The largest absolute Gasteiger partial charge is 0.379 e. The Morgan fingerprint density at radius 1 is 1.25 bits per heavy atom. The van der Waals surface area contributed by atoms with Gasteiger partial charge in [-0.05, 0) is 43.9 Å². The number of anilines is 1. The molecule has 3 rings (SSSR count). The number of allylic oxidation sites excluding steroid dienone is 1. The van der Waals surface area contributed by atoms with Crippen molar-refractivity contribution in [1.29, 1.82) is 0 Å². The number of nitrogens with zero attached hydrogens (tertiary/aromatic N) is 1. The van der Waals surface area contributed by atoms with Crippen molar-refractivity contribution in [2.75, 3.05) is 31.6 Å². The summed E-state index contributed by atoms with van der Waals surface area (Å²) >= 11 is 6.16. The lowest BCUT2D eigenvalue weighted by Gasteiger charge is -2.26. The maximum Gasteiger partial charge on any atom is 0.323 e. The van der Waals surface area contributed by atoms with E-state index in [0.717, 1.165) is 18.4 Å². The van der Waals surface area contributed by atoms with Gasteiger partial charge in [0.1, 0.15) is 0 Å². The lowest BCUT2D eigenvalue weighted by molar-refractivity contribution is 0.0730. The molecular weight excluding hydrogens is 402 g/mol. The Morgan fingerprint density at radius 3 is 2.61 bits per heavy atom. The molecule has 1 heterocycles. The molecule has 154 valence electrons. The van der Waals surface area contributed by atoms with Crippen molar-refractivity contribution in [1.82, 2.24) is 9.62 Å². The van der Waals surface area contributed by atoms with E-state index < -0.39 is 16.1 Å². The van der Waals surface area contributed by atoms with Crippen LogP contribution >= 0.6 is 11.6 Å². The van der Waals surface area contributed by atoms with Gasteiger partial charge in [0.25, 0.3) is 0 Å². The van der Waals surface area contributed by atoms with Gasteiger partial charge in [0.2, 0.25) is 10.0 Å². The zero-order chi connectivity index (χ0) is 20.1. The van der Waals surface area contributed by atoms with Gasteiger partial charge in [-0.15, -0.1) is 0 Å². The Balaban J connectivity index is 1.69. The zero-order valence-corrected chi connectivity index (χ0v) is 17.5. The summed E-state index contributed by atoms with van der Waals surface area (Å²) in [4.78, 5) is 12.3. The Morgan fingerprint density at radius 2 is 1.93 bits per heavy atom. The molecule has 0 atom stereocenters. The second kappa shape index (κ2) is 9.26. The topological polar surface area (TPSA) is 87.7 Å². The first-order valence-electron chi connectivity index (χ1n) is 9.49. The van der Waals surface area contributed by atoms with Crippen molar-refractivity contribution in [3.05, 3.63) is 35.0 Å². The van der Waals surface area contributed by atoms with Crippen molar-refractivity contribution in [3.8, 4) is 0 Å². The number of morpholine rings is 1. The van der Waals surface area contributed by atoms with Crippen LogP contribution in [-0.2, 0) is 14.8 Å². The number of hydrogen-bond donors (Lipinski definition) is 2. The molecule has 0 unspecified atom stereocenters. The molecule has 2 fully saturated rings. The van der Waals surface area contributed by atoms with Gasteiger partial charge in [-0.3, -0.25) is 0 Å². The molecule has 2 aliphatic rings. The molecule has 1 aromatic rings. The van der Waals surface area contributed by atoms with Crippen LogP contribution in [0.4, 0.5) is 10.5 Å². The van der Waals surface area contributed by atoms with Crippen LogP contribution in [-0.4, -0.2) is 45.1 Å². The van der Waals surface area contributed by atoms with Crippen molar-refractivity contribution in [2.45, 2.75) is 37.5 Å². The Hall–Kier alpha value is -1.61. The van der Waals surface area contributed by atoms with Crippen LogP contribution in [0.3, 0.4) is 0 Å². The SMILES string of the molecule is C/C(=C\NC(=O)Nc1cc(S(=O)(=O)N2CCOCC2)ccc1Cl)C1CCCC1. The fourth-order valence-corrected chi connectivity index (χ4v) is 5.13. The minimum atomic E-state index is -3.66. The summed E-state index contributed by atoms with van der Waals surface area (Å²) < 4.78 is 32.2. The molecule has 1 aliphatic carbocycles. The summed E-state index contributed by atoms with van der Waals surface area (Å²) in [5.41, 5.74) is 1.39. The van der Waals surface area contributed by atoms with Crippen LogP contribution < -0.4 is 10.6 Å². The standard InChI is InChI=1S/C19H26ClN3O4S/c1-14(15-4-2-3-5-15)13-21-19(24)22-18-12-16(6-7-17(18)20)28(25,26)23-8-10-27-11-9-23/h6-7,12-13,15H,2-5,8-11H2,1H3,(H2,21,22,24)/b14-13+. The number of nitrogens with one attached hydrogen (secondary N) is 2. The third-order valence-electron chi connectivity index (χ3n) is 5.22. The van der Waals surface area contributed by atoms with Crippen LogP contribution in [0.2, 0.25) is 5.02 Å². The number of hydrogen-bond acceptors (Lipinski definition) is 4. The Kier molecular flexibility index (Phi) is 6.98. The minimum Gasteiger partial charge on any atom is -0.379 e. The molecule has 1 aliphatic heterocycles. The third kappa shape index (κ3) is 5.05. The highest BCUT2D eigenvalue weighted by Gasteiger charge is 2.27. The van der Waals surface area contributed by atoms with Gasteiger partial charge < -0.3 is 15.4 Å². The van der Waals surface area contributed by atoms with E-state index in [2.05, 4.69) is 10.6 Å². The van der Waals surface area contributed by atoms with Gasteiger partial charge in [-0.2, -0.15) is 4.31 Å². The normalized spacial score (nSPS) is 19.6. The van der Waals surface area contributed by atoms with Crippen molar-refractivity contribution in [2.24, 2.45) is 5.92 Å². The first-order chi connectivity index (χ1) is 13.4. The highest BCUT2D eigenvalue weighted by Crippen LogP contribution is 2.30. The number of ether oxygens (including phenoxy) is 1. The number of urea groups is 1. The Bertz CT molecular complexity index is 845. The van der Waals surface area contributed by atoms with E-state index in [1.54, 1.807) is 6.20 Å². The molecule has 0 radical (unpaired) electrons. The van der Waals surface area contributed by atoms with E-state index in [1.807, 2.05) is 6.92 Å². The van der Waals surface area contributed by atoms with E-state index in [9.17, 15) is 13.2 Å².